The zero-order chi connectivity index (χ0) is 8.27. The van der Waals surface area contributed by atoms with Crippen molar-refractivity contribution in [1.82, 2.24) is 5.32 Å². The van der Waals surface area contributed by atoms with E-state index in [1.165, 1.54) is 0 Å². The summed E-state index contributed by atoms with van der Waals surface area (Å²) < 4.78 is 5.02. The lowest BCUT2D eigenvalue weighted by molar-refractivity contribution is -0.136. The van der Waals surface area contributed by atoms with E-state index in [0.29, 0.717) is 13.0 Å². The Balaban J connectivity index is 2.55. The number of ketones is 1. The summed E-state index contributed by atoms with van der Waals surface area (Å²) in [6, 6.07) is 0.00713. The van der Waals surface area contributed by atoms with Crippen molar-refractivity contribution >= 4 is 12.1 Å². The minimum absolute atomic E-state index is 0.00713. The van der Waals surface area contributed by atoms with Gasteiger partial charge in [-0.05, 0) is 6.42 Å². The van der Waals surface area contributed by atoms with Gasteiger partial charge >= 0.3 is 0 Å². The number of carbonyl (C=O) groups excluding carboxylic acids is 2. The van der Waals surface area contributed by atoms with Gasteiger partial charge in [-0.3, -0.25) is 14.9 Å². The number of aldehydes is 1. The molecule has 62 valence electrons. The van der Waals surface area contributed by atoms with Crippen LogP contribution in [0.1, 0.15) is 13.3 Å². The fraction of sp³-hybridized carbons (Fsp3) is 0.714. The standard InChI is InChI=1S/C7H11NO3/c1-2-5-7(6(10)3-9)11-4-8-5/h3,5,7-8H,2,4H2,1H3. The summed E-state index contributed by atoms with van der Waals surface area (Å²) in [5.41, 5.74) is 0. The van der Waals surface area contributed by atoms with E-state index >= 15 is 0 Å². The summed E-state index contributed by atoms with van der Waals surface area (Å²) in [6.45, 7) is 2.31. The minimum Gasteiger partial charge on any atom is -0.353 e. The van der Waals surface area contributed by atoms with Crippen LogP contribution in [0.15, 0.2) is 0 Å². The van der Waals surface area contributed by atoms with E-state index in [2.05, 4.69) is 5.32 Å². The molecule has 1 fully saturated rings. The molecule has 0 spiro atoms. The number of rotatable bonds is 3. The van der Waals surface area contributed by atoms with Gasteiger partial charge in [-0.2, -0.15) is 0 Å². The normalized spacial score (nSPS) is 30.3. The quantitative estimate of drug-likeness (QED) is 0.442. The second-order valence-corrected chi connectivity index (χ2v) is 2.47. The average Bonchev–Trinajstić information content (AvgIpc) is 2.50. The summed E-state index contributed by atoms with van der Waals surface area (Å²) in [4.78, 5) is 20.9. The van der Waals surface area contributed by atoms with E-state index in [4.69, 9.17) is 4.74 Å². The average molecular weight is 157 g/mol. The Bertz CT molecular complexity index is 169. The Labute approximate surface area is 64.9 Å². The zero-order valence-corrected chi connectivity index (χ0v) is 6.37. The van der Waals surface area contributed by atoms with E-state index in [0.717, 1.165) is 6.42 Å². The fourth-order valence-corrected chi connectivity index (χ4v) is 1.17. The van der Waals surface area contributed by atoms with Gasteiger partial charge in [0.1, 0.15) is 6.10 Å². The molecule has 0 bridgehead atoms. The van der Waals surface area contributed by atoms with E-state index in [9.17, 15) is 9.59 Å². The molecule has 4 nitrogen and oxygen atoms in total. The summed E-state index contributed by atoms with van der Waals surface area (Å²) in [6.07, 6.45) is 0.558. The van der Waals surface area contributed by atoms with Gasteiger partial charge in [0.2, 0.25) is 5.78 Å². The van der Waals surface area contributed by atoms with E-state index < -0.39 is 11.9 Å². The highest BCUT2D eigenvalue weighted by atomic mass is 16.5. The van der Waals surface area contributed by atoms with Gasteiger partial charge in [0.25, 0.3) is 0 Å². The van der Waals surface area contributed by atoms with Crippen molar-refractivity contribution in [3.8, 4) is 0 Å². The highest BCUT2D eigenvalue weighted by molar-refractivity contribution is 6.27. The largest absolute Gasteiger partial charge is 0.353 e. The molecule has 1 aliphatic heterocycles. The molecule has 2 unspecified atom stereocenters. The first-order valence-corrected chi connectivity index (χ1v) is 3.63. The Morgan fingerprint density at radius 3 is 3.09 bits per heavy atom. The molecular formula is C7H11NO3. The predicted molar refractivity (Wildman–Crippen MR) is 38.0 cm³/mol. The van der Waals surface area contributed by atoms with Crippen LogP contribution in [-0.4, -0.2) is 30.9 Å². The SMILES string of the molecule is CCC1NCOC1C(=O)C=O. The molecule has 0 aliphatic carbocycles. The zero-order valence-electron chi connectivity index (χ0n) is 6.37. The molecular weight excluding hydrogens is 146 g/mol. The van der Waals surface area contributed by atoms with Crippen LogP contribution >= 0.6 is 0 Å². The van der Waals surface area contributed by atoms with Crippen LogP contribution in [-0.2, 0) is 14.3 Å². The van der Waals surface area contributed by atoms with Gasteiger partial charge < -0.3 is 4.74 Å². The van der Waals surface area contributed by atoms with Gasteiger partial charge in [-0.25, -0.2) is 0 Å². The molecule has 1 heterocycles. The molecule has 11 heavy (non-hydrogen) atoms. The number of nitrogens with one attached hydrogen (secondary N) is 1. The number of hydrogen-bond acceptors (Lipinski definition) is 4. The van der Waals surface area contributed by atoms with Crippen LogP contribution < -0.4 is 5.32 Å². The van der Waals surface area contributed by atoms with Crippen molar-refractivity contribution in [1.29, 1.82) is 0 Å². The fourth-order valence-electron chi connectivity index (χ4n) is 1.17. The van der Waals surface area contributed by atoms with Crippen LogP contribution in [0.5, 0.6) is 0 Å². The second kappa shape index (κ2) is 3.59. The molecule has 4 heteroatoms. The van der Waals surface area contributed by atoms with Crippen LogP contribution in [0.25, 0.3) is 0 Å². The maximum Gasteiger partial charge on any atom is 0.225 e. The molecule has 1 saturated heterocycles. The van der Waals surface area contributed by atoms with E-state index in [1.807, 2.05) is 6.92 Å². The topological polar surface area (TPSA) is 55.4 Å². The third-order valence-corrected chi connectivity index (χ3v) is 1.81. The van der Waals surface area contributed by atoms with E-state index in [-0.39, 0.29) is 6.04 Å². The van der Waals surface area contributed by atoms with Gasteiger partial charge in [-0.15, -0.1) is 0 Å². The van der Waals surface area contributed by atoms with Crippen molar-refractivity contribution in [2.75, 3.05) is 6.73 Å². The summed E-state index contributed by atoms with van der Waals surface area (Å²) in [5.74, 6) is -0.471. The maximum absolute atomic E-state index is 10.9. The molecule has 2 atom stereocenters. The minimum atomic E-state index is -0.558. The Hall–Kier alpha value is -0.740. The first kappa shape index (κ1) is 8.36. The van der Waals surface area contributed by atoms with Crippen LogP contribution in [0.2, 0.25) is 0 Å². The number of ether oxygens (including phenoxy) is 1. The molecule has 0 amide bonds. The van der Waals surface area contributed by atoms with Gasteiger partial charge in [0.05, 0.1) is 6.73 Å². The predicted octanol–water partition coefficient (Wildman–Crippen LogP) is -0.521. The van der Waals surface area contributed by atoms with Gasteiger partial charge in [0, 0.05) is 6.04 Å². The van der Waals surface area contributed by atoms with Crippen LogP contribution in [0, 0.1) is 0 Å². The molecule has 0 saturated carbocycles. The number of Topliss-reactive ketones (excluding diaryl/α,β-unsaturated/α-hetero) is 1. The molecule has 1 N–H and O–H groups in total. The third kappa shape index (κ3) is 1.64. The Kier molecular flexibility index (Phi) is 2.73. The Morgan fingerprint density at radius 1 is 1.82 bits per heavy atom. The molecule has 0 aromatic carbocycles. The van der Waals surface area contributed by atoms with Crippen molar-refractivity contribution in [3.63, 3.8) is 0 Å². The van der Waals surface area contributed by atoms with Crippen molar-refractivity contribution in [2.24, 2.45) is 0 Å². The lowest BCUT2D eigenvalue weighted by Gasteiger charge is -2.11. The molecule has 0 aromatic heterocycles. The Morgan fingerprint density at radius 2 is 2.55 bits per heavy atom. The van der Waals surface area contributed by atoms with Crippen LogP contribution in [0.4, 0.5) is 0 Å². The van der Waals surface area contributed by atoms with E-state index in [1.54, 1.807) is 0 Å². The number of carbonyl (C=O) groups is 2. The maximum atomic E-state index is 10.9. The molecule has 0 aromatic rings. The lowest BCUT2D eigenvalue weighted by atomic mass is 10.1. The van der Waals surface area contributed by atoms with Gasteiger partial charge in [-0.1, -0.05) is 6.92 Å². The first-order chi connectivity index (χ1) is 5.29. The summed E-state index contributed by atoms with van der Waals surface area (Å²) in [5, 5.41) is 2.97. The molecule has 1 aliphatic rings. The van der Waals surface area contributed by atoms with Crippen LogP contribution in [0.3, 0.4) is 0 Å². The van der Waals surface area contributed by atoms with Gasteiger partial charge in [0.15, 0.2) is 6.29 Å². The van der Waals surface area contributed by atoms with Crippen molar-refractivity contribution in [2.45, 2.75) is 25.5 Å². The lowest BCUT2D eigenvalue weighted by Crippen LogP contribution is -2.36. The highest BCUT2D eigenvalue weighted by Gasteiger charge is 2.31. The number of hydrogen-bond donors (Lipinski definition) is 1. The smallest absolute Gasteiger partial charge is 0.225 e. The first-order valence-electron chi connectivity index (χ1n) is 3.63. The monoisotopic (exact) mass is 157 g/mol. The summed E-state index contributed by atoms with van der Waals surface area (Å²) in [7, 11) is 0. The highest BCUT2D eigenvalue weighted by Crippen LogP contribution is 2.09. The molecule has 1 rings (SSSR count). The van der Waals surface area contributed by atoms with Crippen molar-refractivity contribution < 1.29 is 14.3 Å². The second-order valence-electron chi connectivity index (χ2n) is 2.47. The molecule has 0 radical (unpaired) electrons. The van der Waals surface area contributed by atoms with Crippen molar-refractivity contribution in [3.05, 3.63) is 0 Å². The summed E-state index contributed by atoms with van der Waals surface area (Å²) >= 11 is 0. The third-order valence-electron chi connectivity index (χ3n) is 1.81.